The van der Waals surface area contributed by atoms with Crippen LogP contribution < -0.4 is 10.1 Å². The van der Waals surface area contributed by atoms with Gasteiger partial charge in [-0.2, -0.15) is 0 Å². The van der Waals surface area contributed by atoms with Gasteiger partial charge in [-0.1, -0.05) is 11.6 Å². The van der Waals surface area contributed by atoms with Gasteiger partial charge in [-0.3, -0.25) is 9.36 Å². The number of ether oxygens (including phenoxy) is 1. The standard InChI is InChI=1S/C18H15ClN4O2/c1-11-20-7-8-23(11)17-14(3-2-6-21-17)22-18(24)16-10-12-9-13(19)4-5-15(12)25-16/h2-9,16H,10H2,1H3,(H,22,24)/t16-/m1/s1. The number of amides is 1. The van der Waals surface area contributed by atoms with Crippen LogP contribution in [0.5, 0.6) is 5.75 Å². The van der Waals surface area contributed by atoms with Gasteiger partial charge >= 0.3 is 0 Å². The first kappa shape index (κ1) is 15.7. The lowest BCUT2D eigenvalue weighted by atomic mass is 10.1. The summed E-state index contributed by atoms with van der Waals surface area (Å²) in [6.07, 6.45) is 5.06. The third-order valence-electron chi connectivity index (χ3n) is 4.09. The zero-order chi connectivity index (χ0) is 17.4. The van der Waals surface area contributed by atoms with Crippen molar-refractivity contribution in [3.05, 3.63) is 65.3 Å². The Kier molecular flexibility index (Phi) is 3.89. The monoisotopic (exact) mass is 354 g/mol. The summed E-state index contributed by atoms with van der Waals surface area (Å²) in [5, 5.41) is 3.54. The largest absolute Gasteiger partial charge is 0.480 e. The Bertz CT molecular complexity index is 954. The number of nitrogens with zero attached hydrogens (tertiary/aromatic N) is 3. The number of rotatable bonds is 3. The summed E-state index contributed by atoms with van der Waals surface area (Å²) >= 11 is 6.00. The molecule has 0 aliphatic carbocycles. The maximum atomic E-state index is 12.7. The average molecular weight is 355 g/mol. The molecule has 0 bridgehead atoms. The number of aromatic nitrogens is 3. The van der Waals surface area contributed by atoms with Crippen LogP contribution in [0, 0.1) is 6.92 Å². The Labute approximate surface area is 149 Å². The molecule has 1 aliphatic rings. The van der Waals surface area contributed by atoms with Crippen molar-refractivity contribution in [2.45, 2.75) is 19.4 Å². The van der Waals surface area contributed by atoms with Crippen LogP contribution in [0.2, 0.25) is 5.02 Å². The number of anilines is 1. The number of carbonyl (C=O) groups excluding carboxylic acids is 1. The molecule has 0 saturated carbocycles. The van der Waals surface area contributed by atoms with Crippen molar-refractivity contribution in [3.63, 3.8) is 0 Å². The molecule has 0 fully saturated rings. The number of pyridine rings is 1. The lowest BCUT2D eigenvalue weighted by Gasteiger charge is -2.14. The van der Waals surface area contributed by atoms with E-state index in [0.717, 1.165) is 11.4 Å². The maximum absolute atomic E-state index is 12.7. The predicted octanol–water partition coefficient (Wildman–Crippen LogP) is 3.17. The quantitative estimate of drug-likeness (QED) is 0.784. The average Bonchev–Trinajstić information content (AvgIpc) is 3.21. The summed E-state index contributed by atoms with van der Waals surface area (Å²) < 4.78 is 7.56. The van der Waals surface area contributed by atoms with E-state index in [1.165, 1.54) is 0 Å². The van der Waals surface area contributed by atoms with E-state index in [1.54, 1.807) is 42.9 Å². The Balaban J connectivity index is 1.56. The molecule has 2 aromatic heterocycles. The third-order valence-corrected chi connectivity index (χ3v) is 4.32. The molecule has 0 radical (unpaired) electrons. The van der Waals surface area contributed by atoms with E-state index in [0.29, 0.717) is 28.7 Å². The molecule has 1 aromatic carbocycles. The molecule has 6 nitrogen and oxygen atoms in total. The molecule has 7 heteroatoms. The first-order valence-corrected chi connectivity index (χ1v) is 8.21. The predicted molar refractivity (Wildman–Crippen MR) is 94.3 cm³/mol. The number of halogens is 1. The molecule has 0 unspecified atom stereocenters. The molecule has 3 heterocycles. The maximum Gasteiger partial charge on any atom is 0.265 e. The minimum Gasteiger partial charge on any atom is -0.480 e. The number of carbonyl (C=O) groups is 1. The second kappa shape index (κ2) is 6.22. The minimum atomic E-state index is -0.592. The van der Waals surface area contributed by atoms with Crippen LogP contribution in [0.4, 0.5) is 5.69 Å². The molecule has 1 N–H and O–H groups in total. The number of hydrogen-bond acceptors (Lipinski definition) is 4. The smallest absolute Gasteiger partial charge is 0.265 e. The van der Waals surface area contributed by atoms with E-state index in [4.69, 9.17) is 16.3 Å². The van der Waals surface area contributed by atoms with E-state index in [9.17, 15) is 4.79 Å². The Hall–Kier alpha value is -2.86. The molecule has 0 saturated heterocycles. The second-order valence-corrected chi connectivity index (χ2v) is 6.21. The van der Waals surface area contributed by atoms with Gasteiger partial charge in [0.1, 0.15) is 11.6 Å². The number of fused-ring (bicyclic) bond motifs is 1. The lowest BCUT2D eigenvalue weighted by Crippen LogP contribution is -2.31. The van der Waals surface area contributed by atoms with Gasteiger partial charge in [0, 0.05) is 30.0 Å². The topological polar surface area (TPSA) is 69.0 Å². The van der Waals surface area contributed by atoms with E-state index >= 15 is 0 Å². The van der Waals surface area contributed by atoms with Gasteiger partial charge in [-0.15, -0.1) is 0 Å². The van der Waals surface area contributed by atoms with Crippen LogP contribution >= 0.6 is 11.6 Å². The third kappa shape index (κ3) is 2.96. The molecular weight excluding hydrogens is 340 g/mol. The van der Waals surface area contributed by atoms with Crippen LogP contribution in [0.1, 0.15) is 11.4 Å². The van der Waals surface area contributed by atoms with Gasteiger partial charge in [0.25, 0.3) is 5.91 Å². The van der Waals surface area contributed by atoms with Gasteiger partial charge in [0.2, 0.25) is 0 Å². The summed E-state index contributed by atoms with van der Waals surface area (Å²) in [4.78, 5) is 21.2. The van der Waals surface area contributed by atoms with Crippen molar-refractivity contribution in [2.75, 3.05) is 5.32 Å². The first-order valence-electron chi connectivity index (χ1n) is 7.83. The fourth-order valence-electron chi connectivity index (χ4n) is 2.86. The summed E-state index contributed by atoms with van der Waals surface area (Å²) in [7, 11) is 0. The van der Waals surface area contributed by atoms with Crippen LogP contribution in [-0.4, -0.2) is 26.5 Å². The van der Waals surface area contributed by atoms with Crippen LogP contribution in [0.3, 0.4) is 0 Å². The molecule has 3 aromatic rings. The molecular formula is C18H15ClN4O2. The van der Waals surface area contributed by atoms with Gasteiger partial charge < -0.3 is 10.1 Å². The first-order chi connectivity index (χ1) is 12.1. The molecule has 1 amide bonds. The summed E-state index contributed by atoms with van der Waals surface area (Å²) in [5.41, 5.74) is 1.54. The highest BCUT2D eigenvalue weighted by molar-refractivity contribution is 6.30. The van der Waals surface area contributed by atoms with Gasteiger partial charge in [0.15, 0.2) is 11.9 Å². The molecule has 1 aliphatic heterocycles. The van der Waals surface area contributed by atoms with Gasteiger partial charge in [0.05, 0.1) is 5.69 Å². The zero-order valence-corrected chi connectivity index (χ0v) is 14.2. The van der Waals surface area contributed by atoms with Crippen molar-refractivity contribution in [3.8, 4) is 11.6 Å². The minimum absolute atomic E-state index is 0.223. The highest BCUT2D eigenvalue weighted by Gasteiger charge is 2.29. The van der Waals surface area contributed by atoms with E-state index in [2.05, 4.69) is 15.3 Å². The molecule has 126 valence electrons. The molecule has 0 spiro atoms. The highest BCUT2D eigenvalue weighted by Crippen LogP contribution is 2.31. The Morgan fingerprint density at radius 1 is 1.32 bits per heavy atom. The number of benzene rings is 1. The summed E-state index contributed by atoms with van der Waals surface area (Å²) in [6, 6.07) is 8.94. The molecule has 4 rings (SSSR count). The van der Waals surface area contributed by atoms with Crippen LogP contribution in [-0.2, 0) is 11.2 Å². The summed E-state index contributed by atoms with van der Waals surface area (Å²) in [6.45, 7) is 1.88. The highest BCUT2D eigenvalue weighted by atomic mass is 35.5. The van der Waals surface area contributed by atoms with Crippen LogP contribution in [0.15, 0.2) is 48.9 Å². The van der Waals surface area contributed by atoms with Crippen molar-refractivity contribution >= 4 is 23.2 Å². The normalized spacial score (nSPS) is 15.5. The molecule has 1 atom stereocenters. The van der Waals surface area contributed by atoms with E-state index in [1.807, 2.05) is 17.6 Å². The SMILES string of the molecule is Cc1nccn1-c1ncccc1NC(=O)[C@H]1Cc2cc(Cl)ccc2O1. The number of aryl methyl sites for hydroxylation is 1. The van der Waals surface area contributed by atoms with Crippen molar-refractivity contribution in [1.29, 1.82) is 0 Å². The molecule has 25 heavy (non-hydrogen) atoms. The van der Waals surface area contributed by atoms with Gasteiger partial charge in [-0.05, 0) is 42.8 Å². The second-order valence-electron chi connectivity index (χ2n) is 5.77. The van der Waals surface area contributed by atoms with E-state index < -0.39 is 6.10 Å². The zero-order valence-electron chi connectivity index (χ0n) is 13.4. The fraction of sp³-hybridized carbons (Fsp3) is 0.167. The fourth-order valence-corrected chi connectivity index (χ4v) is 3.06. The van der Waals surface area contributed by atoms with Crippen molar-refractivity contribution in [2.24, 2.45) is 0 Å². The van der Waals surface area contributed by atoms with E-state index in [-0.39, 0.29) is 5.91 Å². The number of nitrogens with one attached hydrogen (secondary N) is 1. The Morgan fingerprint density at radius 2 is 2.20 bits per heavy atom. The van der Waals surface area contributed by atoms with Crippen molar-refractivity contribution in [1.82, 2.24) is 14.5 Å². The van der Waals surface area contributed by atoms with Crippen LogP contribution in [0.25, 0.3) is 5.82 Å². The number of imidazole rings is 1. The Morgan fingerprint density at radius 3 is 3.00 bits per heavy atom. The number of hydrogen-bond donors (Lipinski definition) is 1. The summed E-state index contributed by atoms with van der Waals surface area (Å²) in [5.74, 6) is 1.87. The lowest BCUT2D eigenvalue weighted by molar-refractivity contribution is -0.122. The van der Waals surface area contributed by atoms with Gasteiger partial charge in [-0.25, -0.2) is 9.97 Å². The van der Waals surface area contributed by atoms with Crippen molar-refractivity contribution < 1.29 is 9.53 Å².